The van der Waals surface area contributed by atoms with E-state index >= 15 is 0 Å². The lowest BCUT2D eigenvalue weighted by Gasteiger charge is -2.19. The number of hydrogen-bond acceptors (Lipinski definition) is 3. The van der Waals surface area contributed by atoms with Gasteiger partial charge in [-0.15, -0.1) is 0 Å². The molecule has 0 radical (unpaired) electrons. The smallest absolute Gasteiger partial charge is 0.253 e. The van der Waals surface area contributed by atoms with Crippen LogP contribution in [0.15, 0.2) is 71.6 Å². The Morgan fingerprint density at radius 1 is 0.967 bits per heavy atom. The highest BCUT2D eigenvalue weighted by atomic mass is 32.2. The number of benzene rings is 2. The van der Waals surface area contributed by atoms with Crippen molar-refractivity contribution in [3.8, 4) is 0 Å². The van der Waals surface area contributed by atoms with Crippen molar-refractivity contribution >= 4 is 15.9 Å². The molecule has 6 nitrogen and oxygen atoms in total. The predicted molar refractivity (Wildman–Crippen MR) is 118 cm³/mol. The number of nitrogens with zero attached hydrogens (tertiary/aromatic N) is 1. The van der Waals surface area contributed by atoms with E-state index in [-0.39, 0.29) is 29.9 Å². The van der Waals surface area contributed by atoms with Crippen LogP contribution in [0.5, 0.6) is 0 Å². The minimum atomic E-state index is -3.58. The number of amides is 1. The van der Waals surface area contributed by atoms with Gasteiger partial charge in [-0.3, -0.25) is 4.79 Å². The van der Waals surface area contributed by atoms with Crippen molar-refractivity contribution in [2.75, 3.05) is 13.1 Å². The highest BCUT2D eigenvalue weighted by Crippen LogP contribution is 2.25. The van der Waals surface area contributed by atoms with Crippen molar-refractivity contribution < 1.29 is 13.2 Å². The van der Waals surface area contributed by atoms with Gasteiger partial charge in [-0.05, 0) is 44.5 Å². The SMILES string of the molecule is Cc1cc(C(=O)NCCNS(=O)(=O)c2ccccc2)c(C)n1C(C)c1ccccc1. The summed E-state index contributed by atoms with van der Waals surface area (Å²) in [4.78, 5) is 12.9. The van der Waals surface area contributed by atoms with Crippen LogP contribution in [0.25, 0.3) is 0 Å². The number of rotatable bonds is 8. The van der Waals surface area contributed by atoms with Gasteiger partial charge < -0.3 is 9.88 Å². The van der Waals surface area contributed by atoms with E-state index in [4.69, 9.17) is 0 Å². The Labute approximate surface area is 178 Å². The summed E-state index contributed by atoms with van der Waals surface area (Å²) >= 11 is 0. The molecule has 3 aromatic rings. The minimum Gasteiger partial charge on any atom is -0.351 e. The quantitative estimate of drug-likeness (QED) is 0.543. The molecule has 0 fully saturated rings. The molecule has 1 unspecified atom stereocenters. The van der Waals surface area contributed by atoms with Gasteiger partial charge in [0.2, 0.25) is 10.0 Å². The van der Waals surface area contributed by atoms with Gasteiger partial charge in [0.15, 0.2) is 0 Å². The van der Waals surface area contributed by atoms with Crippen molar-refractivity contribution in [3.05, 3.63) is 89.2 Å². The molecule has 0 spiro atoms. The van der Waals surface area contributed by atoms with Crippen LogP contribution in [0.1, 0.15) is 40.3 Å². The maximum absolute atomic E-state index is 12.7. The molecule has 0 aliphatic heterocycles. The number of carbonyl (C=O) groups is 1. The third-order valence-electron chi connectivity index (χ3n) is 5.15. The summed E-state index contributed by atoms with van der Waals surface area (Å²) in [6.07, 6.45) is 0. The standard InChI is InChI=1S/C23H27N3O3S/c1-17-16-22(19(3)26(17)18(2)20-10-6-4-7-11-20)23(27)24-14-15-25-30(28,29)21-12-8-5-9-13-21/h4-13,16,18,25H,14-15H2,1-3H3,(H,24,27). The number of carbonyl (C=O) groups excluding carboxylic acids is 1. The van der Waals surface area contributed by atoms with Gasteiger partial charge in [-0.1, -0.05) is 48.5 Å². The minimum absolute atomic E-state index is 0.102. The van der Waals surface area contributed by atoms with Crippen LogP contribution in [0.3, 0.4) is 0 Å². The van der Waals surface area contributed by atoms with Gasteiger partial charge in [0.05, 0.1) is 16.5 Å². The van der Waals surface area contributed by atoms with E-state index in [1.54, 1.807) is 18.2 Å². The zero-order valence-electron chi connectivity index (χ0n) is 17.4. The van der Waals surface area contributed by atoms with Crippen molar-refractivity contribution in [2.45, 2.75) is 31.7 Å². The van der Waals surface area contributed by atoms with Gasteiger partial charge in [0.25, 0.3) is 5.91 Å². The summed E-state index contributed by atoms with van der Waals surface area (Å²) in [5, 5.41) is 2.80. The number of nitrogens with one attached hydrogen (secondary N) is 2. The monoisotopic (exact) mass is 425 g/mol. The van der Waals surface area contributed by atoms with Crippen molar-refractivity contribution in [1.82, 2.24) is 14.6 Å². The van der Waals surface area contributed by atoms with Crippen molar-refractivity contribution in [3.63, 3.8) is 0 Å². The molecular weight excluding hydrogens is 398 g/mol. The fourth-order valence-electron chi connectivity index (χ4n) is 3.62. The summed E-state index contributed by atoms with van der Waals surface area (Å²) in [7, 11) is -3.58. The zero-order valence-corrected chi connectivity index (χ0v) is 18.2. The largest absolute Gasteiger partial charge is 0.351 e. The molecule has 1 amide bonds. The molecule has 1 aromatic heterocycles. The van der Waals surface area contributed by atoms with Crippen LogP contribution < -0.4 is 10.0 Å². The fourth-order valence-corrected chi connectivity index (χ4v) is 4.68. The molecule has 0 aliphatic carbocycles. The molecule has 0 saturated carbocycles. The summed E-state index contributed by atoms with van der Waals surface area (Å²) in [6.45, 7) is 6.33. The molecule has 2 aromatic carbocycles. The summed E-state index contributed by atoms with van der Waals surface area (Å²) in [6, 6.07) is 20.3. The van der Waals surface area contributed by atoms with Crippen LogP contribution in [-0.2, 0) is 10.0 Å². The first-order chi connectivity index (χ1) is 14.3. The maximum atomic E-state index is 12.7. The maximum Gasteiger partial charge on any atom is 0.253 e. The predicted octanol–water partition coefficient (Wildman–Crippen LogP) is 3.42. The average molecular weight is 426 g/mol. The lowest BCUT2D eigenvalue weighted by atomic mass is 10.1. The first-order valence-corrected chi connectivity index (χ1v) is 11.4. The van der Waals surface area contributed by atoms with E-state index in [2.05, 4.69) is 33.7 Å². The van der Waals surface area contributed by atoms with Crippen LogP contribution in [0.4, 0.5) is 0 Å². The molecule has 2 N–H and O–H groups in total. The molecule has 1 heterocycles. The van der Waals surface area contributed by atoms with E-state index in [1.807, 2.05) is 38.1 Å². The number of hydrogen-bond donors (Lipinski definition) is 2. The van der Waals surface area contributed by atoms with Gasteiger partial charge in [-0.25, -0.2) is 13.1 Å². The lowest BCUT2D eigenvalue weighted by molar-refractivity contribution is 0.0953. The second kappa shape index (κ2) is 9.28. The first-order valence-electron chi connectivity index (χ1n) is 9.87. The lowest BCUT2D eigenvalue weighted by Crippen LogP contribution is -2.34. The van der Waals surface area contributed by atoms with Gasteiger partial charge >= 0.3 is 0 Å². The summed E-state index contributed by atoms with van der Waals surface area (Å²) < 4.78 is 29.1. The van der Waals surface area contributed by atoms with Crippen molar-refractivity contribution in [1.29, 1.82) is 0 Å². The molecule has 0 aliphatic rings. The van der Waals surface area contributed by atoms with Crippen LogP contribution in [0.2, 0.25) is 0 Å². The molecule has 30 heavy (non-hydrogen) atoms. The molecular formula is C23H27N3O3S. The summed E-state index contributed by atoms with van der Waals surface area (Å²) in [5.41, 5.74) is 3.65. The number of sulfonamides is 1. The van der Waals surface area contributed by atoms with E-state index in [0.717, 1.165) is 11.4 Å². The second-order valence-corrected chi connectivity index (χ2v) is 8.98. The van der Waals surface area contributed by atoms with E-state index in [9.17, 15) is 13.2 Å². The van der Waals surface area contributed by atoms with Crippen LogP contribution in [-0.4, -0.2) is 32.0 Å². The summed E-state index contributed by atoms with van der Waals surface area (Å²) in [5.74, 6) is -0.214. The highest BCUT2D eigenvalue weighted by Gasteiger charge is 2.19. The van der Waals surface area contributed by atoms with E-state index in [0.29, 0.717) is 5.56 Å². The molecule has 0 bridgehead atoms. The zero-order chi connectivity index (χ0) is 21.7. The highest BCUT2D eigenvalue weighted by molar-refractivity contribution is 7.89. The first kappa shape index (κ1) is 21.8. The van der Waals surface area contributed by atoms with Gasteiger partial charge in [0, 0.05) is 24.5 Å². The van der Waals surface area contributed by atoms with Gasteiger partial charge in [0.1, 0.15) is 0 Å². The molecule has 158 valence electrons. The fraction of sp³-hybridized carbons (Fsp3) is 0.261. The van der Waals surface area contributed by atoms with Crippen LogP contribution >= 0.6 is 0 Å². The molecule has 3 rings (SSSR count). The van der Waals surface area contributed by atoms with E-state index in [1.165, 1.54) is 17.7 Å². The third-order valence-corrected chi connectivity index (χ3v) is 6.63. The Morgan fingerprint density at radius 3 is 2.20 bits per heavy atom. The number of aryl methyl sites for hydroxylation is 1. The van der Waals surface area contributed by atoms with Gasteiger partial charge in [-0.2, -0.15) is 0 Å². The average Bonchev–Trinajstić information content (AvgIpc) is 3.06. The topological polar surface area (TPSA) is 80.2 Å². The Hall–Kier alpha value is -2.90. The molecule has 1 atom stereocenters. The Kier molecular flexibility index (Phi) is 6.74. The van der Waals surface area contributed by atoms with Crippen LogP contribution in [0, 0.1) is 13.8 Å². The second-order valence-electron chi connectivity index (χ2n) is 7.21. The normalized spacial score (nSPS) is 12.5. The molecule has 0 saturated heterocycles. The Balaban J connectivity index is 1.63. The Morgan fingerprint density at radius 2 is 1.57 bits per heavy atom. The number of aromatic nitrogens is 1. The molecule has 7 heteroatoms. The van der Waals surface area contributed by atoms with Crippen molar-refractivity contribution in [2.24, 2.45) is 0 Å². The Bertz CT molecular complexity index is 1110. The van der Waals surface area contributed by atoms with E-state index < -0.39 is 10.0 Å². The third kappa shape index (κ3) is 4.80.